The summed E-state index contributed by atoms with van der Waals surface area (Å²) in [4.78, 5) is 14.4. The third kappa shape index (κ3) is 3.06. The molecule has 0 unspecified atom stereocenters. The van der Waals surface area contributed by atoms with Gasteiger partial charge in [0.2, 0.25) is 5.75 Å². The van der Waals surface area contributed by atoms with E-state index in [4.69, 9.17) is 15.7 Å². The normalized spacial score (nSPS) is 11.2. The minimum atomic E-state index is -0.547. The molecule has 1 aromatic heterocycles. The summed E-state index contributed by atoms with van der Waals surface area (Å²) in [5, 5.41) is 22.6. The number of oxime groups is 1. The number of nitrogens with zero attached hydrogens (tertiary/aromatic N) is 3. The van der Waals surface area contributed by atoms with Gasteiger partial charge in [-0.2, -0.15) is 0 Å². The largest absolute Gasteiger partial charge is 0.448 e. The zero-order valence-corrected chi connectivity index (χ0v) is 11.1. The second-order valence-corrected chi connectivity index (χ2v) is 4.17. The number of nitrogens with two attached hydrogens (primary N) is 1. The number of hydrogen-bond donors (Lipinski definition) is 2. The Bertz CT molecular complexity index is 715. The molecule has 0 aliphatic rings. The number of nitro groups is 1. The fourth-order valence-electron chi connectivity index (χ4n) is 1.69. The molecule has 1 heterocycles. The van der Waals surface area contributed by atoms with E-state index in [2.05, 4.69) is 10.1 Å². The zero-order valence-electron chi connectivity index (χ0n) is 11.1. The van der Waals surface area contributed by atoms with Crippen molar-refractivity contribution in [2.24, 2.45) is 10.9 Å². The van der Waals surface area contributed by atoms with E-state index in [1.807, 2.05) is 0 Å². The molecule has 0 spiro atoms. The number of aromatic nitrogens is 1. The fourth-order valence-corrected chi connectivity index (χ4v) is 1.69. The minimum Gasteiger partial charge on any atom is -0.448 e. The van der Waals surface area contributed by atoms with Crippen LogP contribution in [0.4, 0.5) is 5.69 Å². The smallest absolute Gasteiger partial charge is 0.311 e. The first-order valence-electron chi connectivity index (χ1n) is 5.88. The molecular weight excluding hydrogens is 276 g/mol. The SMILES string of the molecule is Cc1ccc([N+](=O)[O-])c(Oc2cccnc2/C(N)=N/O)c1. The molecule has 1 aromatic carbocycles. The van der Waals surface area contributed by atoms with Crippen LogP contribution in [0.5, 0.6) is 11.5 Å². The topological polar surface area (TPSA) is 124 Å². The third-order valence-electron chi connectivity index (χ3n) is 2.65. The van der Waals surface area contributed by atoms with Crippen LogP contribution in [0.3, 0.4) is 0 Å². The molecule has 0 atom stereocenters. The lowest BCUT2D eigenvalue weighted by Gasteiger charge is -2.10. The highest BCUT2D eigenvalue weighted by Gasteiger charge is 2.18. The van der Waals surface area contributed by atoms with Gasteiger partial charge in [0.25, 0.3) is 0 Å². The molecule has 0 radical (unpaired) electrons. The summed E-state index contributed by atoms with van der Waals surface area (Å²) in [7, 11) is 0. The Morgan fingerprint density at radius 1 is 1.43 bits per heavy atom. The molecule has 2 aromatic rings. The highest BCUT2D eigenvalue weighted by atomic mass is 16.6. The summed E-state index contributed by atoms with van der Waals surface area (Å²) in [6.45, 7) is 1.78. The number of aryl methyl sites for hydroxylation is 1. The van der Waals surface area contributed by atoms with Crippen LogP contribution in [0.25, 0.3) is 0 Å². The summed E-state index contributed by atoms with van der Waals surface area (Å²) < 4.78 is 5.53. The molecule has 0 bridgehead atoms. The van der Waals surface area contributed by atoms with Gasteiger partial charge in [-0.25, -0.2) is 4.98 Å². The van der Waals surface area contributed by atoms with Crippen LogP contribution in [-0.2, 0) is 0 Å². The number of pyridine rings is 1. The van der Waals surface area contributed by atoms with Crippen LogP contribution in [0.15, 0.2) is 41.7 Å². The maximum absolute atomic E-state index is 11.0. The van der Waals surface area contributed by atoms with E-state index in [1.54, 1.807) is 19.1 Å². The highest BCUT2D eigenvalue weighted by Crippen LogP contribution is 2.33. The predicted molar refractivity (Wildman–Crippen MR) is 74.7 cm³/mol. The van der Waals surface area contributed by atoms with Crippen LogP contribution in [0.2, 0.25) is 0 Å². The molecule has 0 aliphatic heterocycles. The van der Waals surface area contributed by atoms with E-state index >= 15 is 0 Å². The van der Waals surface area contributed by atoms with Crippen molar-refractivity contribution in [2.45, 2.75) is 6.92 Å². The van der Waals surface area contributed by atoms with Crippen molar-refractivity contribution in [2.75, 3.05) is 0 Å². The van der Waals surface area contributed by atoms with Crippen molar-refractivity contribution in [3.8, 4) is 11.5 Å². The Morgan fingerprint density at radius 3 is 2.86 bits per heavy atom. The van der Waals surface area contributed by atoms with Gasteiger partial charge in [0.1, 0.15) is 0 Å². The van der Waals surface area contributed by atoms with Crippen LogP contribution >= 0.6 is 0 Å². The van der Waals surface area contributed by atoms with Gasteiger partial charge in [-0.1, -0.05) is 11.2 Å². The van der Waals surface area contributed by atoms with Crippen LogP contribution in [0, 0.1) is 17.0 Å². The lowest BCUT2D eigenvalue weighted by atomic mass is 10.2. The second kappa shape index (κ2) is 5.87. The van der Waals surface area contributed by atoms with Crippen molar-refractivity contribution in [1.29, 1.82) is 0 Å². The number of nitro benzene ring substituents is 1. The van der Waals surface area contributed by atoms with Crippen molar-refractivity contribution >= 4 is 11.5 Å². The summed E-state index contributed by atoms with van der Waals surface area (Å²) in [6.07, 6.45) is 1.44. The number of rotatable bonds is 4. The highest BCUT2D eigenvalue weighted by molar-refractivity contribution is 5.97. The minimum absolute atomic E-state index is 0.0555. The number of benzene rings is 1. The lowest BCUT2D eigenvalue weighted by molar-refractivity contribution is -0.385. The van der Waals surface area contributed by atoms with E-state index in [9.17, 15) is 10.1 Å². The number of ether oxygens (including phenoxy) is 1. The van der Waals surface area contributed by atoms with Gasteiger partial charge in [-0.15, -0.1) is 0 Å². The molecule has 3 N–H and O–H groups in total. The standard InChI is InChI=1S/C13H12N4O4/c1-8-4-5-9(17(19)20)11(7-8)21-10-3-2-6-15-12(10)13(14)16-18/h2-7,18H,1H3,(H2,14,16). The van der Waals surface area contributed by atoms with Crippen molar-refractivity contribution in [1.82, 2.24) is 4.98 Å². The molecule has 0 saturated heterocycles. The van der Waals surface area contributed by atoms with Gasteiger partial charge in [-0.3, -0.25) is 10.1 Å². The first kappa shape index (κ1) is 14.3. The van der Waals surface area contributed by atoms with Crippen molar-refractivity contribution in [3.05, 3.63) is 57.9 Å². The summed E-state index contributed by atoms with van der Waals surface area (Å²) in [6, 6.07) is 7.58. The zero-order chi connectivity index (χ0) is 15.4. The number of hydrogen-bond acceptors (Lipinski definition) is 6. The average molecular weight is 288 g/mol. The molecule has 0 saturated carbocycles. The van der Waals surface area contributed by atoms with E-state index in [0.717, 1.165) is 5.56 Å². The Balaban J connectivity index is 2.48. The molecule has 0 amide bonds. The Labute approximate surface area is 119 Å². The monoisotopic (exact) mass is 288 g/mol. The van der Waals surface area contributed by atoms with Gasteiger partial charge < -0.3 is 15.7 Å². The summed E-state index contributed by atoms with van der Waals surface area (Å²) in [5.41, 5.74) is 6.20. The number of amidine groups is 1. The maximum atomic E-state index is 11.0. The lowest BCUT2D eigenvalue weighted by Crippen LogP contribution is -2.16. The van der Waals surface area contributed by atoms with Gasteiger partial charge in [0.15, 0.2) is 17.3 Å². The molecular formula is C13H12N4O4. The Hall–Kier alpha value is -3.16. The fraction of sp³-hybridized carbons (Fsp3) is 0.0769. The van der Waals surface area contributed by atoms with Gasteiger partial charge in [-0.05, 0) is 30.7 Å². The first-order chi connectivity index (χ1) is 10.0. The van der Waals surface area contributed by atoms with Crippen molar-refractivity contribution in [3.63, 3.8) is 0 Å². The second-order valence-electron chi connectivity index (χ2n) is 4.17. The third-order valence-corrected chi connectivity index (χ3v) is 2.65. The molecule has 8 heteroatoms. The molecule has 21 heavy (non-hydrogen) atoms. The summed E-state index contributed by atoms with van der Waals surface area (Å²) >= 11 is 0. The Morgan fingerprint density at radius 2 is 2.19 bits per heavy atom. The van der Waals surface area contributed by atoms with E-state index in [0.29, 0.717) is 0 Å². The summed E-state index contributed by atoms with van der Waals surface area (Å²) in [5.74, 6) is -0.0394. The average Bonchev–Trinajstić information content (AvgIpc) is 2.47. The maximum Gasteiger partial charge on any atom is 0.311 e. The predicted octanol–water partition coefficient (Wildman–Crippen LogP) is 2.19. The molecule has 2 rings (SSSR count). The quantitative estimate of drug-likeness (QED) is 0.292. The van der Waals surface area contributed by atoms with Gasteiger partial charge in [0.05, 0.1) is 4.92 Å². The van der Waals surface area contributed by atoms with Gasteiger partial charge >= 0.3 is 5.69 Å². The first-order valence-corrected chi connectivity index (χ1v) is 5.88. The van der Waals surface area contributed by atoms with E-state index < -0.39 is 4.92 Å². The molecule has 108 valence electrons. The molecule has 0 fully saturated rings. The van der Waals surface area contributed by atoms with Crippen LogP contribution < -0.4 is 10.5 Å². The van der Waals surface area contributed by atoms with Crippen molar-refractivity contribution < 1.29 is 14.9 Å². The van der Waals surface area contributed by atoms with E-state index in [1.165, 1.54) is 24.4 Å². The van der Waals surface area contributed by atoms with Gasteiger partial charge in [0, 0.05) is 12.3 Å². The van der Waals surface area contributed by atoms with Crippen LogP contribution in [-0.4, -0.2) is 21.0 Å². The van der Waals surface area contributed by atoms with Crippen LogP contribution in [0.1, 0.15) is 11.3 Å². The molecule has 0 aliphatic carbocycles. The van der Waals surface area contributed by atoms with E-state index in [-0.39, 0.29) is 28.7 Å². The Kier molecular flexibility index (Phi) is 3.98. The molecule has 8 nitrogen and oxygen atoms in total.